The lowest BCUT2D eigenvalue weighted by molar-refractivity contribution is -0.109. The Bertz CT molecular complexity index is 762. The van der Waals surface area contributed by atoms with Crippen LogP contribution in [-0.2, 0) is 14.3 Å². The third kappa shape index (κ3) is 3.38. The lowest BCUT2D eigenvalue weighted by Crippen LogP contribution is -2.15. The Morgan fingerprint density at radius 2 is 2.12 bits per heavy atom. The van der Waals surface area contributed by atoms with Crippen molar-refractivity contribution in [2.75, 3.05) is 25.1 Å². The van der Waals surface area contributed by atoms with Crippen molar-refractivity contribution in [2.45, 2.75) is 25.4 Å². The van der Waals surface area contributed by atoms with Gasteiger partial charge in [-0.15, -0.1) is 0 Å². The molecule has 130 valence electrons. The second-order valence-electron chi connectivity index (χ2n) is 5.38. The van der Waals surface area contributed by atoms with Crippen LogP contribution in [0.5, 0.6) is 0 Å². The topological polar surface area (TPSA) is 73.6 Å². The van der Waals surface area contributed by atoms with Crippen molar-refractivity contribution >= 4 is 33.7 Å². The van der Waals surface area contributed by atoms with Gasteiger partial charge in [-0.25, -0.2) is 4.39 Å². The molecule has 0 aliphatic carbocycles. The highest BCUT2D eigenvalue weighted by molar-refractivity contribution is 8.14. The van der Waals surface area contributed by atoms with E-state index in [4.69, 9.17) is 14.0 Å². The van der Waals surface area contributed by atoms with E-state index in [2.05, 4.69) is 10.5 Å². The minimum atomic E-state index is -1.13. The number of ether oxygens (including phenoxy) is 2. The zero-order valence-electron chi connectivity index (χ0n) is 13.1. The highest BCUT2D eigenvalue weighted by atomic mass is 32.2. The van der Waals surface area contributed by atoms with Crippen molar-refractivity contribution in [3.05, 3.63) is 23.3 Å². The molecule has 0 saturated carbocycles. The van der Waals surface area contributed by atoms with Crippen molar-refractivity contribution in [3.8, 4) is 0 Å². The van der Waals surface area contributed by atoms with Gasteiger partial charge in [0.2, 0.25) is 11.4 Å². The highest BCUT2D eigenvalue weighted by Gasteiger charge is 2.28. The first-order valence-corrected chi connectivity index (χ1v) is 8.27. The Labute approximate surface area is 140 Å². The van der Waals surface area contributed by atoms with E-state index in [0.29, 0.717) is 25.1 Å². The molecule has 0 radical (unpaired) electrons. The SMILES string of the molecule is CC(=O)S[C@@H](C)CNc1noc2c(F)c(F)c(C3OCCO3)cc12. The quantitative estimate of drug-likeness (QED) is 0.879. The fourth-order valence-electron chi connectivity index (χ4n) is 2.44. The molecule has 1 aliphatic rings. The number of rotatable bonds is 5. The summed E-state index contributed by atoms with van der Waals surface area (Å²) in [6.45, 7) is 4.40. The third-order valence-corrected chi connectivity index (χ3v) is 4.37. The molecule has 2 heterocycles. The van der Waals surface area contributed by atoms with E-state index in [-0.39, 0.29) is 27.3 Å². The van der Waals surface area contributed by atoms with Crippen molar-refractivity contribution in [1.82, 2.24) is 5.16 Å². The van der Waals surface area contributed by atoms with Gasteiger partial charge in [0.25, 0.3) is 0 Å². The molecule has 6 nitrogen and oxygen atoms in total. The summed E-state index contributed by atoms with van der Waals surface area (Å²) in [5.41, 5.74) is -0.307. The molecule has 1 saturated heterocycles. The monoisotopic (exact) mass is 358 g/mol. The maximum atomic E-state index is 14.2. The van der Waals surface area contributed by atoms with Crippen molar-refractivity contribution in [3.63, 3.8) is 0 Å². The van der Waals surface area contributed by atoms with Crippen LogP contribution in [0.15, 0.2) is 10.6 Å². The van der Waals surface area contributed by atoms with Crippen LogP contribution in [-0.4, -0.2) is 35.3 Å². The van der Waals surface area contributed by atoms with Crippen molar-refractivity contribution in [2.24, 2.45) is 0 Å². The molecule has 1 aromatic heterocycles. The van der Waals surface area contributed by atoms with Gasteiger partial charge in [0, 0.05) is 24.3 Å². The summed E-state index contributed by atoms with van der Waals surface area (Å²) in [5, 5.41) is 7.02. The number of anilines is 1. The number of fused-ring (bicyclic) bond motifs is 1. The lowest BCUT2D eigenvalue weighted by atomic mass is 10.1. The van der Waals surface area contributed by atoms with Gasteiger partial charge in [-0.05, 0) is 6.07 Å². The van der Waals surface area contributed by atoms with Crippen molar-refractivity contribution < 1.29 is 27.6 Å². The molecule has 1 aliphatic heterocycles. The Hall–Kier alpha value is -1.71. The molecule has 1 atom stereocenters. The predicted octanol–water partition coefficient (Wildman–Crippen LogP) is 3.23. The van der Waals surface area contributed by atoms with Crippen LogP contribution >= 0.6 is 11.8 Å². The fourth-order valence-corrected chi connectivity index (χ4v) is 3.17. The maximum Gasteiger partial charge on any atom is 0.207 e. The first kappa shape index (κ1) is 17.1. The van der Waals surface area contributed by atoms with Gasteiger partial charge < -0.3 is 19.3 Å². The summed E-state index contributed by atoms with van der Waals surface area (Å²) >= 11 is 1.18. The van der Waals surface area contributed by atoms with Gasteiger partial charge in [-0.1, -0.05) is 23.8 Å². The van der Waals surface area contributed by atoms with E-state index in [1.807, 2.05) is 6.92 Å². The molecular weight excluding hydrogens is 342 g/mol. The highest BCUT2D eigenvalue weighted by Crippen LogP contribution is 2.34. The van der Waals surface area contributed by atoms with Gasteiger partial charge in [0.1, 0.15) is 0 Å². The molecule has 0 amide bonds. The smallest absolute Gasteiger partial charge is 0.207 e. The molecule has 24 heavy (non-hydrogen) atoms. The summed E-state index contributed by atoms with van der Waals surface area (Å²) in [6.07, 6.45) is -0.946. The number of hydrogen-bond donors (Lipinski definition) is 1. The summed E-state index contributed by atoms with van der Waals surface area (Å²) in [4.78, 5) is 11.1. The maximum absolute atomic E-state index is 14.2. The molecular formula is C15H16F2N2O4S. The van der Waals surface area contributed by atoms with Crippen LogP contribution < -0.4 is 5.32 Å². The molecule has 1 N–H and O–H groups in total. The number of nitrogens with zero attached hydrogens (tertiary/aromatic N) is 1. The van der Waals surface area contributed by atoms with Crippen LogP contribution in [0.2, 0.25) is 0 Å². The van der Waals surface area contributed by atoms with Crippen LogP contribution in [0.1, 0.15) is 25.7 Å². The minimum absolute atomic E-state index is 0.000226. The normalized spacial score (nSPS) is 16.7. The Balaban J connectivity index is 1.88. The first-order chi connectivity index (χ1) is 11.5. The van der Waals surface area contributed by atoms with Gasteiger partial charge in [0.15, 0.2) is 23.0 Å². The molecule has 2 aromatic rings. The summed E-state index contributed by atoms with van der Waals surface area (Å²) in [5.74, 6) is -1.93. The number of carbonyl (C=O) groups excluding carboxylic acids is 1. The average Bonchev–Trinajstić information content (AvgIpc) is 3.17. The summed E-state index contributed by atoms with van der Waals surface area (Å²) in [7, 11) is 0. The van der Waals surface area contributed by atoms with Gasteiger partial charge >= 0.3 is 0 Å². The Morgan fingerprint density at radius 1 is 1.42 bits per heavy atom. The number of carbonyl (C=O) groups is 1. The van der Waals surface area contributed by atoms with E-state index in [1.54, 1.807) is 0 Å². The third-order valence-electron chi connectivity index (χ3n) is 3.47. The molecule has 3 rings (SSSR count). The largest absolute Gasteiger partial charge is 0.366 e. The predicted molar refractivity (Wildman–Crippen MR) is 84.8 cm³/mol. The summed E-state index contributed by atoms with van der Waals surface area (Å²) < 4.78 is 43.8. The second-order valence-corrected chi connectivity index (χ2v) is 6.99. The van der Waals surface area contributed by atoms with E-state index < -0.39 is 17.9 Å². The van der Waals surface area contributed by atoms with Crippen LogP contribution in [0.3, 0.4) is 0 Å². The first-order valence-electron chi connectivity index (χ1n) is 7.39. The van der Waals surface area contributed by atoms with Crippen molar-refractivity contribution in [1.29, 1.82) is 0 Å². The van der Waals surface area contributed by atoms with Gasteiger partial charge in [-0.2, -0.15) is 4.39 Å². The van der Waals surface area contributed by atoms with E-state index >= 15 is 0 Å². The number of thioether (sulfide) groups is 1. The zero-order chi connectivity index (χ0) is 17.3. The van der Waals surface area contributed by atoms with E-state index in [1.165, 1.54) is 24.8 Å². The van der Waals surface area contributed by atoms with Gasteiger partial charge in [0.05, 0.1) is 18.6 Å². The zero-order valence-corrected chi connectivity index (χ0v) is 13.9. The van der Waals surface area contributed by atoms with Crippen LogP contribution in [0.4, 0.5) is 14.6 Å². The molecule has 0 bridgehead atoms. The Morgan fingerprint density at radius 3 is 2.79 bits per heavy atom. The molecule has 1 fully saturated rings. The number of hydrogen-bond acceptors (Lipinski definition) is 7. The van der Waals surface area contributed by atoms with E-state index in [9.17, 15) is 13.6 Å². The molecule has 9 heteroatoms. The molecule has 1 aromatic carbocycles. The van der Waals surface area contributed by atoms with Crippen LogP contribution in [0.25, 0.3) is 11.0 Å². The summed E-state index contributed by atoms with van der Waals surface area (Å²) in [6, 6.07) is 1.41. The minimum Gasteiger partial charge on any atom is -0.366 e. The van der Waals surface area contributed by atoms with Crippen LogP contribution in [0, 0.1) is 11.6 Å². The average molecular weight is 358 g/mol. The van der Waals surface area contributed by atoms with Gasteiger partial charge in [-0.3, -0.25) is 4.79 Å². The van der Waals surface area contributed by atoms with E-state index in [0.717, 1.165) is 0 Å². The number of halogens is 2. The number of nitrogens with one attached hydrogen (secondary N) is 1. The Kier molecular flexibility index (Phi) is 5.02. The number of aromatic nitrogens is 1. The lowest BCUT2D eigenvalue weighted by Gasteiger charge is -2.12. The molecule has 0 spiro atoms. The second kappa shape index (κ2) is 7.04. The standard InChI is InChI=1S/C15H16F2N2O4S/c1-7(24-8(2)20)6-18-14-10-5-9(15-21-3-4-22-15)11(16)12(17)13(10)23-19-14/h5,7,15H,3-4,6H2,1-2H3,(H,18,19)/t7-/m0/s1. The fraction of sp³-hybridized carbons (Fsp3) is 0.467. The molecule has 0 unspecified atom stereocenters. The number of benzene rings is 1.